The van der Waals surface area contributed by atoms with Gasteiger partial charge in [0, 0.05) is 0 Å². The Kier molecular flexibility index (Phi) is 6.13. The van der Waals surface area contributed by atoms with Gasteiger partial charge in [-0.15, -0.1) is 0 Å². The van der Waals surface area contributed by atoms with Crippen molar-refractivity contribution in [2.24, 2.45) is 0 Å². The number of rotatable bonds is 7. The highest BCUT2D eigenvalue weighted by molar-refractivity contribution is 5.56. The summed E-state index contributed by atoms with van der Waals surface area (Å²) in [6.07, 6.45) is 0.0557. The van der Waals surface area contributed by atoms with Gasteiger partial charge in [-0.25, -0.2) is 0 Å². The average molecular weight is 327 g/mol. The molecule has 1 N–H and O–H groups in total. The quantitative estimate of drug-likeness (QED) is 0.752. The van der Waals surface area contributed by atoms with Gasteiger partial charge in [0.15, 0.2) is 0 Å². The third kappa shape index (κ3) is 5.19. The van der Waals surface area contributed by atoms with E-state index >= 15 is 0 Å². The summed E-state index contributed by atoms with van der Waals surface area (Å²) in [4.78, 5) is 0. The summed E-state index contributed by atoms with van der Waals surface area (Å²) in [5, 5.41) is 3.40. The van der Waals surface area contributed by atoms with E-state index < -0.39 is 0 Å². The largest absolute Gasteiger partial charge is 0.492 e. The van der Waals surface area contributed by atoms with E-state index in [0.717, 1.165) is 17.2 Å². The van der Waals surface area contributed by atoms with Crippen LogP contribution in [0.15, 0.2) is 48.5 Å². The minimum atomic E-state index is 0.0557. The van der Waals surface area contributed by atoms with Gasteiger partial charge in [-0.3, -0.25) is 0 Å². The zero-order valence-electron chi connectivity index (χ0n) is 15.4. The summed E-state index contributed by atoms with van der Waals surface area (Å²) in [6.45, 7) is 12.1. The Labute approximate surface area is 146 Å². The molecule has 24 heavy (non-hydrogen) atoms. The average Bonchev–Trinajstić information content (AvgIpc) is 2.54. The van der Waals surface area contributed by atoms with Crippen LogP contribution in [0.5, 0.6) is 11.5 Å². The molecule has 0 heterocycles. The smallest absolute Gasteiger partial charge is 0.142 e. The minimum absolute atomic E-state index is 0.0557. The molecule has 0 aliphatic rings. The van der Waals surface area contributed by atoms with Gasteiger partial charge in [0.1, 0.15) is 17.6 Å². The first-order chi connectivity index (χ1) is 11.4. The zero-order chi connectivity index (χ0) is 17.6. The lowest BCUT2D eigenvalue weighted by Gasteiger charge is -2.21. The number of para-hydroxylation sites is 2. The predicted octanol–water partition coefficient (Wildman–Crippen LogP) is 5.26. The SMILES string of the molecule is CCOc1ccccc1NCC(C)Oc1ccc(C(C)(C)C)cc1. The molecule has 0 radical (unpaired) electrons. The van der Waals surface area contributed by atoms with Crippen LogP contribution in [0.4, 0.5) is 5.69 Å². The van der Waals surface area contributed by atoms with Gasteiger partial charge >= 0.3 is 0 Å². The molecule has 3 nitrogen and oxygen atoms in total. The molecule has 0 aliphatic heterocycles. The number of nitrogens with one attached hydrogen (secondary N) is 1. The van der Waals surface area contributed by atoms with Crippen molar-refractivity contribution in [3.05, 3.63) is 54.1 Å². The van der Waals surface area contributed by atoms with Crippen molar-refractivity contribution >= 4 is 5.69 Å². The Morgan fingerprint density at radius 3 is 2.29 bits per heavy atom. The first-order valence-corrected chi connectivity index (χ1v) is 8.63. The van der Waals surface area contributed by atoms with Gasteiger partial charge in [-0.2, -0.15) is 0 Å². The van der Waals surface area contributed by atoms with Crippen LogP contribution in [0.25, 0.3) is 0 Å². The Morgan fingerprint density at radius 1 is 1.00 bits per heavy atom. The molecule has 0 saturated heterocycles. The fraction of sp³-hybridized carbons (Fsp3) is 0.429. The Morgan fingerprint density at radius 2 is 1.67 bits per heavy atom. The van der Waals surface area contributed by atoms with Crippen LogP contribution in [-0.2, 0) is 5.41 Å². The molecule has 130 valence electrons. The minimum Gasteiger partial charge on any atom is -0.492 e. The molecule has 2 rings (SSSR count). The van der Waals surface area contributed by atoms with Crippen molar-refractivity contribution in [3.63, 3.8) is 0 Å². The maximum atomic E-state index is 6.00. The van der Waals surface area contributed by atoms with E-state index in [4.69, 9.17) is 9.47 Å². The Balaban J connectivity index is 1.91. The Bertz CT molecular complexity index is 629. The lowest BCUT2D eigenvalue weighted by molar-refractivity contribution is 0.234. The van der Waals surface area contributed by atoms with E-state index in [1.54, 1.807) is 0 Å². The lowest BCUT2D eigenvalue weighted by Crippen LogP contribution is -2.23. The molecular weight excluding hydrogens is 298 g/mol. The highest BCUT2D eigenvalue weighted by Gasteiger charge is 2.13. The van der Waals surface area contributed by atoms with Gasteiger partial charge in [0.05, 0.1) is 18.8 Å². The molecule has 0 amide bonds. The van der Waals surface area contributed by atoms with Crippen molar-refractivity contribution in [3.8, 4) is 11.5 Å². The maximum Gasteiger partial charge on any atom is 0.142 e. The molecule has 3 heteroatoms. The maximum absolute atomic E-state index is 6.00. The monoisotopic (exact) mass is 327 g/mol. The molecule has 1 atom stereocenters. The van der Waals surface area contributed by atoms with Crippen molar-refractivity contribution in [2.45, 2.75) is 46.1 Å². The van der Waals surface area contributed by atoms with E-state index in [9.17, 15) is 0 Å². The second-order valence-electron chi connectivity index (χ2n) is 7.01. The Hall–Kier alpha value is -2.16. The number of anilines is 1. The summed E-state index contributed by atoms with van der Waals surface area (Å²) in [6, 6.07) is 16.4. The first-order valence-electron chi connectivity index (χ1n) is 8.63. The van der Waals surface area contributed by atoms with Gasteiger partial charge in [0.25, 0.3) is 0 Å². The van der Waals surface area contributed by atoms with Crippen LogP contribution >= 0.6 is 0 Å². The van der Waals surface area contributed by atoms with Crippen molar-refractivity contribution in [2.75, 3.05) is 18.5 Å². The van der Waals surface area contributed by atoms with Crippen LogP contribution in [0.1, 0.15) is 40.2 Å². The fourth-order valence-electron chi connectivity index (χ4n) is 2.46. The molecule has 0 bridgehead atoms. The molecule has 0 spiro atoms. The molecule has 0 saturated carbocycles. The van der Waals surface area contributed by atoms with Gasteiger partial charge in [-0.05, 0) is 49.1 Å². The molecule has 2 aromatic rings. The third-order valence-electron chi connectivity index (χ3n) is 3.82. The number of benzene rings is 2. The lowest BCUT2D eigenvalue weighted by atomic mass is 9.87. The molecule has 0 aromatic heterocycles. The summed E-state index contributed by atoms with van der Waals surface area (Å²) >= 11 is 0. The summed E-state index contributed by atoms with van der Waals surface area (Å²) in [7, 11) is 0. The molecule has 1 unspecified atom stereocenters. The molecule has 0 fully saturated rings. The predicted molar refractivity (Wildman–Crippen MR) is 101 cm³/mol. The second-order valence-corrected chi connectivity index (χ2v) is 7.01. The van der Waals surface area contributed by atoms with Gasteiger partial charge < -0.3 is 14.8 Å². The van der Waals surface area contributed by atoms with E-state index in [0.29, 0.717) is 13.2 Å². The fourth-order valence-corrected chi connectivity index (χ4v) is 2.46. The van der Waals surface area contributed by atoms with Crippen molar-refractivity contribution in [1.29, 1.82) is 0 Å². The van der Waals surface area contributed by atoms with E-state index in [2.05, 4.69) is 45.1 Å². The normalized spacial score (nSPS) is 12.5. The standard InChI is InChI=1S/C21H29NO2/c1-6-23-20-10-8-7-9-19(20)22-15-16(2)24-18-13-11-17(12-14-18)21(3,4)5/h7-14,16,22H,6,15H2,1-5H3. The van der Waals surface area contributed by atoms with Crippen LogP contribution in [-0.4, -0.2) is 19.3 Å². The number of ether oxygens (including phenoxy) is 2. The summed E-state index contributed by atoms with van der Waals surface area (Å²) < 4.78 is 11.6. The molecule has 0 aliphatic carbocycles. The summed E-state index contributed by atoms with van der Waals surface area (Å²) in [5.41, 5.74) is 2.47. The van der Waals surface area contributed by atoms with Crippen molar-refractivity contribution in [1.82, 2.24) is 0 Å². The van der Waals surface area contributed by atoms with Crippen molar-refractivity contribution < 1.29 is 9.47 Å². The van der Waals surface area contributed by atoms with Crippen LogP contribution in [0.2, 0.25) is 0 Å². The van der Waals surface area contributed by atoms with E-state index in [-0.39, 0.29) is 11.5 Å². The topological polar surface area (TPSA) is 30.5 Å². The van der Waals surface area contributed by atoms with Crippen LogP contribution < -0.4 is 14.8 Å². The second kappa shape index (κ2) is 8.09. The summed E-state index contributed by atoms with van der Waals surface area (Å²) in [5.74, 6) is 1.78. The molecular formula is C21H29NO2. The first kappa shape index (κ1) is 18.2. The number of hydrogen-bond acceptors (Lipinski definition) is 3. The number of hydrogen-bond donors (Lipinski definition) is 1. The van der Waals surface area contributed by atoms with E-state index in [1.807, 2.05) is 43.3 Å². The van der Waals surface area contributed by atoms with E-state index in [1.165, 1.54) is 5.56 Å². The van der Waals surface area contributed by atoms with Gasteiger partial charge in [-0.1, -0.05) is 45.0 Å². The third-order valence-corrected chi connectivity index (χ3v) is 3.82. The van der Waals surface area contributed by atoms with Crippen LogP contribution in [0.3, 0.4) is 0 Å². The van der Waals surface area contributed by atoms with Gasteiger partial charge in [0.2, 0.25) is 0 Å². The highest BCUT2D eigenvalue weighted by Crippen LogP contribution is 2.25. The van der Waals surface area contributed by atoms with Crippen LogP contribution in [0, 0.1) is 0 Å². The molecule has 2 aromatic carbocycles. The highest BCUT2D eigenvalue weighted by atomic mass is 16.5. The zero-order valence-corrected chi connectivity index (χ0v) is 15.4.